The fraction of sp³-hybridized carbons (Fsp3) is 0.818. The summed E-state index contributed by atoms with van der Waals surface area (Å²) in [5.41, 5.74) is 0. The van der Waals surface area contributed by atoms with E-state index in [0.29, 0.717) is 12.5 Å². The minimum absolute atomic E-state index is 0.214. The van der Waals surface area contributed by atoms with Crippen molar-refractivity contribution in [1.29, 1.82) is 0 Å². The van der Waals surface area contributed by atoms with Crippen LogP contribution >= 0.6 is 0 Å². The quantitative estimate of drug-likeness (QED) is 0.591. The summed E-state index contributed by atoms with van der Waals surface area (Å²) in [5.74, 6) is -0.943. The molecule has 0 saturated carbocycles. The van der Waals surface area contributed by atoms with Crippen molar-refractivity contribution in [2.75, 3.05) is 19.7 Å². The number of hydrogen-bond acceptors (Lipinski definition) is 4. The van der Waals surface area contributed by atoms with Gasteiger partial charge in [-0.05, 0) is 19.3 Å². The van der Waals surface area contributed by atoms with Gasteiger partial charge < -0.3 is 20.5 Å². The fourth-order valence-corrected chi connectivity index (χ4v) is 1.90. The number of hydrogen-bond donors (Lipinski definition) is 3. The van der Waals surface area contributed by atoms with Crippen LogP contribution in [0.4, 0.5) is 0 Å². The Balaban J connectivity index is 2.26. The molecule has 1 rings (SSSR count). The minimum atomic E-state index is -1.02. The van der Waals surface area contributed by atoms with E-state index in [2.05, 4.69) is 10.6 Å². The molecule has 3 N–H and O–H groups in total. The molecule has 6 heteroatoms. The Bertz CT molecular complexity index is 283. The predicted molar refractivity (Wildman–Crippen MR) is 61.6 cm³/mol. The monoisotopic (exact) mass is 244 g/mol. The molecule has 1 heterocycles. The van der Waals surface area contributed by atoms with Gasteiger partial charge in [0.15, 0.2) is 0 Å². The van der Waals surface area contributed by atoms with Crippen LogP contribution in [0.5, 0.6) is 0 Å². The summed E-state index contributed by atoms with van der Waals surface area (Å²) in [6.07, 6.45) is 1.21. The Morgan fingerprint density at radius 1 is 1.53 bits per heavy atom. The molecule has 1 aliphatic heterocycles. The van der Waals surface area contributed by atoms with Gasteiger partial charge in [-0.3, -0.25) is 4.79 Å². The van der Waals surface area contributed by atoms with E-state index in [1.165, 1.54) is 6.92 Å². The summed E-state index contributed by atoms with van der Waals surface area (Å²) >= 11 is 0. The second-order valence-electron chi connectivity index (χ2n) is 4.37. The van der Waals surface area contributed by atoms with Crippen molar-refractivity contribution in [3.05, 3.63) is 0 Å². The molecule has 0 spiro atoms. The first-order chi connectivity index (χ1) is 8.00. The SMILES string of the molecule is CC(=O)NC(CNCC1CCOC1C)C(=O)O. The van der Waals surface area contributed by atoms with Gasteiger partial charge in [0.05, 0.1) is 6.10 Å². The first-order valence-corrected chi connectivity index (χ1v) is 5.83. The molecule has 0 bridgehead atoms. The highest BCUT2D eigenvalue weighted by molar-refractivity contribution is 5.82. The Morgan fingerprint density at radius 3 is 2.71 bits per heavy atom. The Labute approximate surface area is 101 Å². The number of nitrogens with one attached hydrogen (secondary N) is 2. The van der Waals surface area contributed by atoms with Crippen LogP contribution in [0.3, 0.4) is 0 Å². The van der Waals surface area contributed by atoms with E-state index < -0.39 is 12.0 Å². The molecule has 0 aromatic heterocycles. The van der Waals surface area contributed by atoms with E-state index in [0.717, 1.165) is 13.0 Å². The van der Waals surface area contributed by atoms with Crippen LogP contribution in [0.2, 0.25) is 0 Å². The minimum Gasteiger partial charge on any atom is -0.480 e. The van der Waals surface area contributed by atoms with E-state index in [9.17, 15) is 9.59 Å². The normalized spacial score (nSPS) is 25.5. The molecule has 0 aliphatic carbocycles. The summed E-state index contributed by atoms with van der Waals surface area (Å²) < 4.78 is 5.41. The molecular formula is C11H20N2O4. The maximum atomic E-state index is 10.8. The van der Waals surface area contributed by atoms with Crippen LogP contribution in [0.25, 0.3) is 0 Å². The van der Waals surface area contributed by atoms with Crippen molar-refractivity contribution >= 4 is 11.9 Å². The molecule has 1 aliphatic rings. The molecule has 0 radical (unpaired) electrons. The fourth-order valence-electron chi connectivity index (χ4n) is 1.90. The maximum absolute atomic E-state index is 10.8. The van der Waals surface area contributed by atoms with Crippen LogP contribution < -0.4 is 10.6 Å². The van der Waals surface area contributed by atoms with E-state index >= 15 is 0 Å². The molecule has 0 aromatic carbocycles. The molecule has 1 saturated heterocycles. The van der Waals surface area contributed by atoms with Crippen molar-refractivity contribution in [1.82, 2.24) is 10.6 Å². The summed E-state index contributed by atoms with van der Waals surface area (Å²) in [5, 5.41) is 14.3. The van der Waals surface area contributed by atoms with Crippen LogP contribution in [-0.2, 0) is 14.3 Å². The van der Waals surface area contributed by atoms with E-state index in [1.54, 1.807) is 0 Å². The van der Waals surface area contributed by atoms with Gasteiger partial charge in [0.2, 0.25) is 5.91 Å². The van der Waals surface area contributed by atoms with Gasteiger partial charge in [0, 0.05) is 26.6 Å². The van der Waals surface area contributed by atoms with Crippen LogP contribution in [0.15, 0.2) is 0 Å². The third kappa shape index (κ3) is 4.70. The van der Waals surface area contributed by atoms with Gasteiger partial charge in [-0.25, -0.2) is 4.79 Å². The topological polar surface area (TPSA) is 87.7 Å². The van der Waals surface area contributed by atoms with Crippen molar-refractivity contribution in [2.45, 2.75) is 32.4 Å². The maximum Gasteiger partial charge on any atom is 0.327 e. The number of rotatable bonds is 6. The smallest absolute Gasteiger partial charge is 0.327 e. The Morgan fingerprint density at radius 2 is 2.24 bits per heavy atom. The third-order valence-electron chi connectivity index (χ3n) is 2.96. The number of amides is 1. The summed E-state index contributed by atoms with van der Waals surface area (Å²) in [4.78, 5) is 21.7. The average Bonchev–Trinajstić information content (AvgIpc) is 2.62. The van der Waals surface area contributed by atoms with E-state index in [-0.39, 0.29) is 18.6 Å². The van der Waals surface area contributed by atoms with Crippen LogP contribution in [-0.4, -0.2) is 48.8 Å². The van der Waals surface area contributed by atoms with Crippen molar-refractivity contribution in [3.8, 4) is 0 Å². The first-order valence-electron chi connectivity index (χ1n) is 5.83. The molecular weight excluding hydrogens is 224 g/mol. The standard InChI is InChI=1S/C11H20N2O4/c1-7-9(3-4-17-7)5-12-6-10(11(15)16)13-8(2)14/h7,9-10,12H,3-6H2,1-2H3,(H,13,14)(H,15,16). The van der Waals surface area contributed by atoms with Gasteiger partial charge in [0.25, 0.3) is 0 Å². The van der Waals surface area contributed by atoms with Crippen molar-refractivity contribution in [2.24, 2.45) is 5.92 Å². The molecule has 3 atom stereocenters. The van der Waals surface area contributed by atoms with Crippen LogP contribution in [0, 0.1) is 5.92 Å². The van der Waals surface area contributed by atoms with Crippen molar-refractivity contribution in [3.63, 3.8) is 0 Å². The Hall–Kier alpha value is -1.14. The lowest BCUT2D eigenvalue weighted by atomic mass is 10.0. The number of carbonyl (C=O) groups excluding carboxylic acids is 1. The number of carboxylic acid groups (broad SMARTS) is 1. The lowest BCUT2D eigenvalue weighted by molar-refractivity contribution is -0.141. The molecule has 0 aromatic rings. The predicted octanol–water partition coefficient (Wildman–Crippen LogP) is -0.410. The summed E-state index contributed by atoms with van der Waals surface area (Å²) in [6, 6.07) is -0.870. The number of ether oxygens (including phenoxy) is 1. The second kappa shape index (κ2) is 6.56. The molecule has 17 heavy (non-hydrogen) atoms. The van der Waals surface area contributed by atoms with E-state index in [1.807, 2.05) is 6.92 Å². The zero-order valence-corrected chi connectivity index (χ0v) is 10.2. The number of carboxylic acids is 1. The lowest BCUT2D eigenvalue weighted by Crippen LogP contribution is -2.47. The molecule has 1 amide bonds. The highest BCUT2D eigenvalue weighted by Crippen LogP contribution is 2.19. The van der Waals surface area contributed by atoms with Gasteiger partial charge in [-0.2, -0.15) is 0 Å². The zero-order chi connectivity index (χ0) is 12.8. The molecule has 98 valence electrons. The summed E-state index contributed by atoms with van der Waals surface area (Å²) in [7, 11) is 0. The second-order valence-corrected chi connectivity index (χ2v) is 4.37. The zero-order valence-electron chi connectivity index (χ0n) is 10.2. The van der Waals surface area contributed by atoms with Gasteiger partial charge in [-0.15, -0.1) is 0 Å². The van der Waals surface area contributed by atoms with Crippen molar-refractivity contribution < 1.29 is 19.4 Å². The molecule has 1 fully saturated rings. The van der Waals surface area contributed by atoms with Gasteiger partial charge in [-0.1, -0.05) is 0 Å². The molecule has 6 nitrogen and oxygen atoms in total. The highest BCUT2D eigenvalue weighted by atomic mass is 16.5. The highest BCUT2D eigenvalue weighted by Gasteiger charge is 2.24. The largest absolute Gasteiger partial charge is 0.480 e. The third-order valence-corrected chi connectivity index (χ3v) is 2.96. The van der Waals surface area contributed by atoms with Gasteiger partial charge in [0.1, 0.15) is 6.04 Å². The average molecular weight is 244 g/mol. The first kappa shape index (κ1) is 13.9. The number of aliphatic carboxylic acids is 1. The van der Waals surface area contributed by atoms with Crippen LogP contribution in [0.1, 0.15) is 20.3 Å². The van der Waals surface area contributed by atoms with Gasteiger partial charge >= 0.3 is 5.97 Å². The number of carbonyl (C=O) groups is 2. The van der Waals surface area contributed by atoms with E-state index in [4.69, 9.17) is 9.84 Å². The Kier molecular flexibility index (Phi) is 5.37. The lowest BCUT2D eigenvalue weighted by Gasteiger charge is -2.18. The summed E-state index contributed by atoms with van der Waals surface area (Å²) in [6.45, 7) is 5.04. The molecule has 3 unspecified atom stereocenters.